The topological polar surface area (TPSA) is 64.3 Å². The predicted molar refractivity (Wildman–Crippen MR) is 107 cm³/mol. The minimum absolute atomic E-state index is 0.0666. The van der Waals surface area contributed by atoms with Crippen molar-refractivity contribution < 1.29 is 9.21 Å². The van der Waals surface area contributed by atoms with Gasteiger partial charge in [-0.15, -0.1) is 6.58 Å². The Balaban J connectivity index is 1.53. The van der Waals surface area contributed by atoms with E-state index >= 15 is 0 Å². The summed E-state index contributed by atoms with van der Waals surface area (Å²) in [5.41, 5.74) is 0. The summed E-state index contributed by atoms with van der Waals surface area (Å²) in [4.78, 5) is 23.9. The van der Waals surface area contributed by atoms with Crippen LogP contribution in [0.15, 0.2) is 40.5 Å². The molecular formula is C20H31N5O2. The Morgan fingerprint density at radius 1 is 1.33 bits per heavy atom. The number of aliphatic imine (C=N–C) groups is 1. The summed E-state index contributed by atoms with van der Waals surface area (Å²) in [5, 5.41) is 3.34. The molecule has 148 valence electrons. The molecule has 0 spiro atoms. The van der Waals surface area contributed by atoms with Gasteiger partial charge in [-0.3, -0.25) is 14.7 Å². The van der Waals surface area contributed by atoms with Crippen LogP contribution in [0.25, 0.3) is 0 Å². The van der Waals surface area contributed by atoms with E-state index in [9.17, 15) is 4.79 Å². The molecule has 7 nitrogen and oxygen atoms in total. The zero-order chi connectivity index (χ0) is 19.1. The molecule has 1 aromatic heterocycles. The van der Waals surface area contributed by atoms with E-state index in [0.717, 1.165) is 63.7 Å². The van der Waals surface area contributed by atoms with Crippen LogP contribution in [-0.4, -0.2) is 85.5 Å². The number of carbonyl (C=O) groups excluding carboxylic acids is 1. The molecule has 27 heavy (non-hydrogen) atoms. The molecule has 0 bridgehead atoms. The number of nitrogens with one attached hydrogen (secondary N) is 1. The summed E-state index contributed by atoms with van der Waals surface area (Å²) in [6.07, 6.45) is 6.39. The minimum Gasteiger partial charge on any atom is -0.469 e. The Morgan fingerprint density at radius 3 is 2.74 bits per heavy atom. The van der Waals surface area contributed by atoms with Crippen LogP contribution in [0.2, 0.25) is 0 Å². The first-order valence-corrected chi connectivity index (χ1v) is 9.84. The molecule has 0 aromatic carbocycles. The van der Waals surface area contributed by atoms with Crippen molar-refractivity contribution in [3.05, 3.63) is 36.8 Å². The molecule has 1 N–H and O–H groups in total. The molecule has 1 amide bonds. The van der Waals surface area contributed by atoms with Crippen molar-refractivity contribution in [2.24, 2.45) is 4.99 Å². The fourth-order valence-electron chi connectivity index (χ4n) is 3.73. The van der Waals surface area contributed by atoms with Gasteiger partial charge < -0.3 is 19.5 Å². The van der Waals surface area contributed by atoms with Crippen LogP contribution in [0.5, 0.6) is 0 Å². The van der Waals surface area contributed by atoms with E-state index in [-0.39, 0.29) is 11.9 Å². The van der Waals surface area contributed by atoms with Crippen molar-refractivity contribution in [3.63, 3.8) is 0 Å². The van der Waals surface area contributed by atoms with Gasteiger partial charge in [0, 0.05) is 45.7 Å². The maximum absolute atomic E-state index is 12.8. The van der Waals surface area contributed by atoms with Gasteiger partial charge >= 0.3 is 0 Å². The third-order valence-electron chi connectivity index (χ3n) is 5.30. The van der Waals surface area contributed by atoms with Crippen LogP contribution in [0, 0.1) is 0 Å². The van der Waals surface area contributed by atoms with Gasteiger partial charge in [-0.1, -0.05) is 6.08 Å². The molecule has 3 heterocycles. The summed E-state index contributed by atoms with van der Waals surface area (Å²) in [6.45, 7) is 9.22. The SMILES string of the molecule is C=CCNC(=NCCc1ccco1)N1CCN(C(=O)C2CCCN2C)CC1. The summed E-state index contributed by atoms with van der Waals surface area (Å²) in [7, 11) is 2.05. The number of nitrogens with zero attached hydrogens (tertiary/aromatic N) is 4. The lowest BCUT2D eigenvalue weighted by Gasteiger charge is -2.38. The number of piperazine rings is 1. The quantitative estimate of drug-likeness (QED) is 0.461. The van der Waals surface area contributed by atoms with E-state index in [1.54, 1.807) is 6.26 Å². The molecule has 3 rings (SSSR count). The zero-order valence-electron chi connectivity index (χ0n) is 16.3. The number of furan rings is 1. The lowest BCUT2D eigenvalue weighted by atomic mass is 10.1. The van der Waals surface area contributed by atoms with Crippen LogP contribution in [0.4, 0.5) is 0 Å². The van der Waals surface area contributed by atoms with E-state index in [2.05, 4.69) is 28.7 Å². The maximum Gasteiger partial charge on any atom is 0.240 e. The van der Waals surface area contributed by atoms with E-state index in [1.165, 1.54) is 0 Å². The Labute approximate surface area is 161 Å². The first-order chi connectivity index (χ1) is 13.2. The number of hydrogen-bond donors (Lipinski definition) is 1. The highest BCUT2D eigenvalue weighted by Crippen LogP contribution is 2.18. The molecule has 2 saturated heterocycles. The van der Waals surface area contributed by atoms with Crippen LogP contribution in [-0.2, 0) is 11.2 Å². The summed E-state index contributed by atoms with van der Waals surface area (Å²) < 4.78 is 5.37. The Morgan fingerprint density at radius 2 is 2.11 bits per heavy atom. The van der Waals surface area contributed by atoms with E-state index in [0.29, 0.717) is 13.1 Å². The van der Waals surface area contributed by atoms with Crippen LogP contribution in [0.1, 0.15) is 18.6 Å². The highest BCUT2D eigenvalue weighted by Gasteiger charge is 2.33. The Hall–Kier alpha value is -2.28. The van der Waals surface area contributed by atoms with Gasteiger partial charge in [0.25, 0.3) is 0 Å². The average molecular weight is 374 g/mol. The second-order valence-corrected chi connectivity index (χ2v) is 7.16. The van der Waals surface area contributed by atoms with E-state index in [4.69, 9.17) is 9.41 Å². The molecular weight excluding hydrogens is 342 g/mol. The fourth-order valence-corrected chi connectivity index (χ4v) is 3.73. The number of guanidine groups is 1. The van der Waals surface area contributed by atoms with Gasteiger partial charge in [0.05, 0.1) is 12.3 Å². The van der Waals surface area contributed by atoms with E-state index < -0.39 is 0 Å². The fraction of sp³-hybridized carbons (Fsp3) is 0.600. The summed E-state index contributed by atoms with van der Waals surface area (Å²) in [5.74, 6) is 2.11. The molecule has 0 aliphatic carbocycles. The minimum atomic E-state index is 0.0666. The maximum atomic E-state index is 12.8. The number of hydrogen-bond acceptors (Lipinski definition) is 4. The van der Waals surface area contributed by atoms with E-state index in [1.807, 2.05) is 23.1 Å². The highest BCUT2D eigenvalue weighted by molar-refractivity contribution is 5.83. The lowest BCUT2D eigenvalue weighted by molar-refractivity contribution is -0.136. The molecule has 0 saturated carbocycles. The van der Waals surface area contributed by atoms with Gasteiger partial charge in [0.2, 0.25) is 5.91 Å². The van der Waals surface area contributed by atoms with Crippen molar-refractivity contribution in [2.75, 3.05) is 52.9 Å². The molecule has 1 atom stereocenters. The van der Waals surface area contributed by atoms with Crippen molar-refractivity contribution in [2.45, 2.75) is 25.3 Å². The average Bonchev–Trinajstić information content (AvgIpc) is 3.36. The molecule has 2 aliphatic rings. The lowest BCUT2D eigenvalue weighted by Crippen LogP contribution is -2.56. The molecule has 2 fully saturated rings. The van der Waals surface area contributed by atoms with Crippen LogP contribution in [0.3, 0.4) is 0 Å². The molecule has 7 heteroatoms. The number of rotatable bonds is 6. The van der Waals surface area contributed by atoms with Crippen molar-refractivity contribution in [1.82, 2.24) is 20.0 Å². The Kier molecular flexibility index (Phi) is 6.92. The van der Waals surface area contributed by atoms with Crippen LogP contribution >= 0.6 is 0 Å². The monoisotopic (exact) mass is 373 g/mol. The molecule has 0 radical (unpaired) electrons. The summed E-state index contributed by atoms with van der Waals surface area (Å²) in [6, 6.07) is 3.93. The largest absolute Gasteiger partial charge is 0.469 e. The second kappa shape index (κ2) is 9.60. The Bertz CT molecular complexity index is 635. The third kappa shape index (κ3) is 5.13. The van der Waals surface area contributed by atoms with Gasteiger partial charge in [0.15, 0.2) is 5.96 Å². The number of likely N-dealkylation sites (N-methyl/N-ethyl adjacent to an activating group) is 1. The van der Waals surface area contributed by atoms with Crippen LogP contribution < -0.4 is 5.32 Å². The number of carbonyl (C=O) groups is 1. The molecule has 1 aromatic rings. The zero-order valence-corrected chi connectivity index (χ0v) is 16.3. The first-order valence-electron chi connectivity index (χ1n) is 9.84. The number of likely N-dealkylation sites (tertiary alicyclic amines) is 1. The molecule has 2 aliphatic heterocycles. The van der Waals surface area contributed by atoms with Gasteiger partial charge in [-0.2, -0.15) is 0 Å². The highest BCUT2D eigenvalue weighted by atomic mass is 16.3. The predicted octanol–water partition coefficient (Wildman–Crippen LogP) is 1.19. The molecule has 1 unspecified atom stereocenters. The van der Waals surface area contributed by atoms with Crippen molar-refractivity contribution >= 4 is 11.9 Å². The summed E-state index contributed by atoms with van der Waals surface area (Å²) >= 11 is 0. The third-order valence-corrected chi connectivity index (χ3v) is 5.30. The smallest absolute Gasteiger partial charge is 0.240 e. The van der Waals surface area contributed by atoms with Gasteiger partial charge in [-0.25, -0.2) is 0 Å². The van der Waals surface area contributed by atoms with Crippen molar-refractivity contribution in [1.29, 1.82) is 0 Å². The standard InChI is InChI=1S/C20H31N5O2/c1-3-9-21-20(22-10-8-17-6-5-16-27-17)25-14-12-24(13-15-25)19(26)18-7-4-11-23(18)2/h3,5-6,16,18H,1,4,7-15H2,2H3,(H,21,22). The van der Waals surface area contributed by atoms with Gasteiger partial charge in [0.1, 0.15) is 5.76 Å². The normalized spacial score (nSPS) is 21.5. The number of amides is 1. The van der Waals surface area contributed by atoms with Crippen molar-refractivity contribution in [3.8, 4) is 0 Å². The second-order valence-electron chi connectivity index (χ2n) is 7.16. The van der Waals surface area contributed by atoms with Gasteiger partial charge in [-0.05, 0) is 38.6 Å². The first kappa shape index (κ1) is 19.5.